The Hall–Kier alpha value is -1.12. The van der Waals surface area contributed by atoms with Crippen molar-refractivity contribution in [2.75, 3.05) is 0 Å². The molecule has 0 saturated carbocycles. The van der Waals surface area contributed by atoms with E-state index in [0.717, 1.165) is 6.08 Å². The molecule has 3 heteroatoms. The second-order valence-corrected chi connectivity index (χ2v) is 2.52. The normalized spacial score (nSPS) is 17.7. The van der Waals surface area contributed by atoms with Gasteiger partial charge in [-0.05, 0) is 5.92 Å². The van der Waals surface area contributed by atoms with Crippen LogP contribution >= 0.6 is 0 Å². The smallest absolute Gasteiger partial charge is 0.273 e. The maximum absolute atomic E-state index is 10.5. The molecule has 1 aliphatic rings. The highest BCUT2D eigenvalue weighted by Gasteiger charge is 2.18. The largest absolute Gasteiger partial charge is 0.506 e. The van der Waals surface area contributed by atoms with Gasteiger partial charge in [-0.15, -0.1) is 0 Å². The molecule has 0 radical (unpaired) electrons. The zero-order valence-electron chi connectivity index (χ0n) is 5.96. The molecule has 0 atom stereocenters. The molecule has 1 N–H and O–H groups in total. The van der Waals surface area contributed by atoms with Crippen molar-refractivity contribution in [3.05, 3.63) is 11.8 Å². The van der Waals surface area contributed by atoms with Crippen LogP contribution in [0.15, 0.2) is 16.8 Å². The molecule has 1 rings (SSSR count). The Balaban J connectivity index is 2.90. The topological polar surface area (TPSA) is 49.7 Å². The number of carbonyl (C=O) groups is 1. The van der Waals surface area contributed by atoms with E-state index in [1.807, 2.05) is 13.8 Å². The molecular formula is C7H9NO2. The van der Waals surface area contributed by atoms with Gasteiger partial charge >= 0.3 is 0 Å². The molecule has 3 nitrogen and oxygen atoms in total. The van der Waals surface area contributed by atoms with Crippen molar-refractivity contribution in [3.63, 3.8) is 0 Å². The molecule has 0 spiro atoms. The lowest BCUT2D eigenvalue weighted by molar-refractivity contribution is -0.113. The lowest BCUT2D eigenvalue weighted by atomic mass is 10.1. The third-order valence-corrected chi connectivity index (χ3v) is 1.30. The molecule has 0 fully saturated rings. The van der Waals surface area contributed by atoms with Gasteiger partial charge in [-0.2, -0.15) is 0 Å². The third kappa shape index (κ3) is 1.07. The predicted molar refractivity (Wildman–Crippen MR) is 38.0 cm³/mol. The fourth-order valence-corrected chi connectivity index (χ4v) is 0.824. The van der Waals surface area contributed by atoms with Crippen LogP contribution in [0.4, 0.5) is 0 Å². The summed E-state index contributed by atoms with van der Waals surface area (Å²) >= 11 is 0. The van der Waals surface area contributed by atoms with E-state index < -0.39 is 0 Å². The molecule has 0 aromatic rings. The van der Waals surface area contributed by atoms with Gasteiger partial charge in [0.2, 0.25) is 0 Å². The van der Waals surface area contributed by atoms with Crippen LogP contribution in [0.3, 0.4) is 0 Å². The first kappa shape index (κ1) is 6.99. The maximum atomic E-state index is 10.5. The number of amides is 1. The van der Waals surface area contributed by atoms with E-state index >= 15 is 0 Å². The average Bonchev–Trinajstić information content (AvgIpc) is 2.10. The van der Waals surface area contributed by atoms with E-state index in [-0.39, 0.29) is 17.6 Å². The van der Waals surface area contributed by atoms with Gasteiger partial charge in [0, 0.05) is 6.08 Å². The number of hydrogen-bond donors (Lipinski definition) is 1. The Morgan fingerprint density at radius 1 is 1.60 bits per heavy atom. The lowest BCUT2D eigenvalue weighted by Gasteiger charge is -2.01. The highest BCUT2D eigenvalue weighted by Crippen LogP contribution is 2.11. The van der Waals surface area contributed by atoms with Crippen LogP contribution in [0.25, 0.3) is 0 Å². The number of aliphatic hydroxyl groups is 1. The second-order valence-electron chi connectivity index (χ2n) is 2.52. The minimum absolute atomic E-state index is 0.0139. The number of aliphatic imine (C=N–C) groups is 1. The zero-order valence-corrected chi connectivity index (χ0v) is 5.96. The monoisotopic (exact) mass is 139 g/mol. The van der Waals surface area contributed by atoms with Crippen molar-refractivity contribution in [1.29, 1.82) is 0 Å². The summed E-state index contributed by atoms with van der Waals surface area (Å²) in [6, 6.07) is 0. The molecule has 0 saturated heterocycles. The first-order valence-electron chi connectivity index (χ1n) is 3.15. The van der Waals surface area contributed by atoms with E-state index in [2.05, 4.69) is 4.99 Å². The van der Waals surface area contributed by atoms with Gasteiger partial charge < -0.3 is 5.11 Å². The number of hydrogen-bond acceptors (Lipinski definition) is 2. The number of carbonyl (C=O) groups excluding carboxylic acids is 1. The van der Waals surface area contributed by atoms with Crippen molar-refractivity contribution in [2.24, 2.45) is 10.9 Å². The van der Waals surface area contributed by atoms with E-state index in [9.17, 15) is 4.79 Å². The van der Waals surface area contributed by atoms with Crippen LogP contribution in [-0.2, 0) is 4.79 Å². The standard InChI is InChI=1S/C7H9NO2/c1-4(2)7-5(9)3-6(10)8-7/h3-4,9H,1-2H3. The van der Waals surface area contributed by atoms with E-state index in [1.54, 1.807) is 0 Å². The van der Waals surface area contributed by atoms with Crippen molar-refractivity contribution in [1.82, 2.24) is 0 Å². The van der Waals surface area contributed by atoms with Crippen molar-refractivity contribution in [3.8, 4) is 0 Å². The molecule has 0 unspecified atom stereocenters. The zero-order chi connectivity index (χ0) is 7.72. The Bertz CT molecular complexity index is 226. The summed E-state index contributed by atoms with van der Waals surface area (Å²) in [4.78, 5) is 14.1. The highest BCUT2D eigenvalue weighted by molar-refractivity contribution is 6.15. The van der Waals surface area contributed by atoms with Gasteiger partial charge in [0.25, 0.3) is 5.91 Å². The summed E-state index contributed by atoms with van der Waals surface area (Å²) in [6.45, 7) is 3.75. The molecule has 1 amide bonds. The fraction of sp³-hybridized carbons (Fsp3) is 0.429. The summed E-state index contributed by atoms with van der Waals surface area (Å²) in [6.07, 6.45) is 1.13. The van der Waals surface area contributed by atoms with E-state index in [4.69, 9.17) is 5.11 Å². The van der Waals surface area contributed by atoms with Gasteiger partial charge in [-0.25, -0.2) is 4.99 Å². The van der Waals surface area contributed by atoms with Crippen LogP contribution in [0.1, 0.15) is 13.8 Å². The molecule has 0 aromatic carbocycles. The van der Waals surface area contributed by atoms with Gasteiger partial charge in [0.05, 0.1) is 5.71 Å². The highest BCUT2D eigenvalue weighted by atomic mass is 16.3. The summed E-state index contributed by atoms with van der Waals surface area (Å²) in [7, 11) is 0. The van der Waals surface area contributed by atoms with Crippen molar-refractivity contribution < 1.29 is 9.90 Å². The van der Waals surface area contributed by atoms with E-state index in [0.29, 0.717) is 5.71 Å². The van der Waals surface area contributed by atoms with Crippen LogP contribution in [0.2, 0.25) is 0 Å². The Morgan fingerprint density at radius 2 is 2.20 bits per heavy atom. The molecule has 0 aromatic heterocycles. The quantitative estimate of drug-likeness (QED) is 0.590. The first-order valence-corrected chi connectivity index (χ1v) is 3.15. The molecule has 10 heavy (non-hydrogen) atoms. The molecule has 0 bridgehead atoms. The van der Waals surface area contributed by atoms with Crippen LogP contribution in [0, 0.1) is 5.92 Å². The molecule has 1 heterocycles. The minimum atomic E-state index is -0.360. The number of rotatable bonds is 1. The number of nitrogens with zero attached hydrogens (tertiary/aromatic N) is 1. The fourth-order valence-electron chi connectivity index (χ4n) is 0.824. The summed E-state index contributed by atoms with van der Waals surface area (Å²) in [5.74, 6) is -0.232. The summed E-state index contributed by atoms with van der Waals surface area (Å²) in [5.41, 5.74) is 0.491. The lowest BCUT2D eigenvalue weighted by Crippen LogP contribution is -2.07. The van der Waals surface area contributed by atoms with Gasteiger partial charge in [0.15, 0.2) is 0 Å². The van der Waals surface area contributed by atoms with Gasteiger partial charge in [-0.1, -0.05) is 13.8 Å². The maximum Gasteiger partial charge on any atom is 0.273 e. The Morgan fingerprint density at radius 3 is 2.40 bits per heavy atom. The van der Waals surface area contributed by atoms with Crippen molar-refractivity contribution >= 4 is 11.6 Å². The second kappa shape index (κ2) is 2.25. The van der Waals surface area contributed by atoms with Crippen molar-refractivity contribution in [2.45, 2.75) is 13.8 Å². The minimum Gasteiger partial charge on any atom is -0.506 e. The van der Waals surface area contributed by atoms with E-state index in [1.165, 1.54) is 0 Å². The molecule has 0 aliphatic carbocycles. The van der Waals surface area contributed by atoms with Gasteiger partial charge in [0.1, 0.15) is 5.76 Å². The number of aliphatic hydroxyl groups excluding tert-OH is 1. The molecule has 54 valence electrons. The van der Waals surface area contributed by atoms with Gasteiger partial charge in [-0.3, -0.25) is 4.79 Å². The first-order chi connectivity index (χ1) is 4.61. The summed E-state index contributed by atoms with van der Waals surface area (Å²) in [5, 5.41) is 9.04. The van der Waals surface area contributed by atoms with Crippen LogP contribution < -0.4 is 0 Å². The number of allylic oxidation sites excluding steroid dienone is 1. The van der Waals surface area contributed by atoms with Crippen LogP contribution in [-0.4, -0.2) is 16.7 Å². The molecular weight excluding hydrogens is 130 g/mol. The SMILES string of the molecule is CC(C)C1=NC(=O)C=C1O. The summed E-state index contributed by atoms with van der Waals surface area (Å²) < 4.78 is 0. The Labute approximate surface area is 59.1 Å². The van der Waals surface area contributed by atoms with Crippen LogP contribution in [0.5, 0.6) is 0 Å². The third-order valence-electron chi connectivity index (χ3n) is 1.30. The average molecular weight is 139 g/mol. The predicted octanol–water partition coefficient (Wildman–Crippen LogP) is 1.07. The molecule has 1 aliphatic heterocycles. The Kier molecular flexibility index (Phi) is 1.57.